The first-order valence-corrected chi connectivity index (χ1v) is 25.4. The van der Waals surface area contributed by atoms with E-state index in [0.29, 0.717) is 0 Å². The van der Waals surface area contributed by atoms with Crippen LogP contribution >= 0.6 is 11.3 Å². The van der Waals surface area contributed by atoms with E-state index < -0.39 is 19.2 Å². The molecule has 4 aromatic heterocycles. The predicted molar refractivity (Wildman–Crippen MR) is 218 cm³/mol. The molecular weight excluding hydrogens is 879 g/mol. The van der Waals surface area contributed by atoms with Crippen LogP contribution in [0.4, 0.5) is 0 Å². The van der Waals surface area contributed by atoms with E-state index in [1.807, 2.05) is 70.4 Å². The maximum absolute atomic E-state index is 8.80. The fraction of sp³-hybridized carbons (Fsp3) is 0.267. The van der Waals surface area contributed by atoms with Crippen LogP contribution in [0.15, 0.2) is 97.3 Å². The van der Waals surface area contributed by atoms with Crippen LogP contribution in [-0.4, -0.2) is 28.2 Å². The van der Waals surface area contributed by atoms with Gasteiger partial charge in [-0.25, -0.2) is 0 Å². The van der Waals surface area contributed by atoms with Gasteiger partial charge in [-0.3, -0.25) is 4.98 Å². The van der Waals surface area contributed by atoms with Crippen LogP contribution in [0.5, 0.6) is 0 Å². The molecule has 263 valence electrons. The van der Waals surface area contributed by atoms with Gasteiger partial charge < -0.3 is 4.98 Å². The van der Waals surface area contributed by atoms with Crippen LogP contribution in [0.1, 0.15) is 64.4 Å². The number of nitrogens with zero attached hydrogens (tertiary/aromatic N) is 3. The van der Waals surface area contributed by atoms with E-state index in [1.165, 1.54) is 35.7 Å². The molecule has 7 rings (SSSR count). The third-order valence-corrected chi connectivity index (χ3v) is 14.4. The fourth-order valence-electron chi connectivity index (χ4n) is 6.27. The summed E-state index contributed by atoms with van der Waals surface area (Å²) < 4.78 is 12.7. The number of hydrogen-bond acceptors (Lipinski definition) is 4. The molecule has 6 heteroatoms. The fourth-order valence-corrected chi connectivity index (χ4v) is 9.68. The molecule has 3 nitrogen and oxygen atoms in total. The molecule has 0 unspecified atom stereocenters. The molecule has 7 aromatic rings. The first-order chi connectivity index (χ1) is 24.0. The van der Waals surface area contributed by atoms with Gasteiger partial charge in [0.25, 0.3) is 0 Å². The topological polar surface area (TPSA) is 38.7 Å². The zero-order valence-electron chi connectivity index (χ0n) is 32.3. The van der Waals surface area contributed by atoms with Crippen molar-refractivity contribution < 1.29 is 21.5 Å². The van der Waals surface area contributed by atoms with Crippen molar-refractivity contribution in [2.45, 2.75) is 77.0 Å². The van der Waals surface area contributed by atoms with Crippen molar-refractivity contribution in [3.05, 3.63) is 132 Å². The number of fused-ring (bicyclic) bond motifs is 3. The first-order valence-electron chi connectivity index (χ1n) is 17.8. The third kappa shape index (κ3) is 8.77. The summed E-state index contributed by atoms with van der Waals surface area (Å²) in [5, 5.41) is 2.47. The second kappa shape index (κ2) is 15.6. The van der Waals surface area contributed by atoms with Crippen LogP contribution in [-0.2, 0) is 25.5 Å². The summed E-state index contributed by atoms with van der Waals surface area (Å²) in [6.45, 7) is 14.5. The van der Waals surface area contributed by atoms with Gasteiger partial charge in [-0.15, -0.1) is 23.8 Å². The first kappa shape index (κ1) is 37.3. The Hall–Kier alpha value is -3.48. The van der Waals surface area contributed by atoms with Crippen molar-refractivity contribution in [1.29, 1.82) is 0 Å². The van der Waals surface area contributed by atoms with Gasteiger partial charge >= 0.3 is 99.8 Å². The van der Waals surface area contributed by atoms with E-state index in [1.54, 1.807) is 11.3 Å². The summed E-state index contributed by atoms with van der Waals surface area (Å²) in [5.41, 5.74) is 10.5. The molecule has 0 saturated heterocycles. The number of thiophene rings is 1. The summed E-state index contributed by atoms with van der Waals surface area (Å²) in [4.78, 5) is 13.9. The number of aromatic nitrogens is 3. The molecule has 0 bridgehead atoms. The van der Waals surface area contributed by atoms with Gasteiger partial charge in [0.05, 0.1) is 0 Å². The van der Waals surface area contributed by atoms with Gasteiger partial charge in [-0.05, 0) is 81.4 Å². The van der Waals surface area contributed by atoms with Crippen molar-refractivity contribution in [3.8, 4) is 33.6 Å². The second-order valence-electron chi connectivity index (χ2n) is 15.4. The zero-order valence-corrected chi connectivity index (χ0v) is 36.6. The van der Waals surface area contributed by atoms with Crippen LogP contribution in [0.25, 0.3) is 53.8 Å². The molecule has 51 heavy (non-hydrogen) atoms. The molecule has 0 aliphatic carbocycles. The van der Waals surface area contributed by atoms with E-state index in [9.17, 15) is 0 Å². The molecule has 3 aromatic carbocycles. The molecule has 0 atom stereocenters. The number of benzene rings is 3. The van der Waals surface area contributed by atoms with Crippen molar-refractivity contribution in [1.82, 2.24) is 15.0 Å². The normalized spacial score (nSPS) is 12.2. The number of hydrogen-bond donors (Lipinski definition) is 0. The molecule has 0 spiro atoms. The molecule has 0 aliphatic heterocycles. The SMILES string of the molecule is [2H]C(C)(C)c1cc(-c2[c-]ccc3c2sc2cc(-c4cc(C)nc(C)c4)ccc23)ncc1C(C)(C)C.[CH3][Ge]([CH3])([CH3])[c]1ccc(-c2[c-]cccc2)nc1.[Ir]. The average Bonchev–Trinajstić information content (AvgIpc) is 3.45. The van der Waals surface area contributed by atoms with Crippen molar-refractivity contribution in [2.75, 3.05) is 0 Å². The van der Waals surface area contributed by atoms with Crippen LogP contribution in [0.2, 0.25) is 17.3 Å². The van der Waals surface area contributed by atoms with E-state index in [0.717, 1.165) is 45.0 Å². The Morgan fingerprint density at radius 1 is 0.765 bits per heavy atom. The van der Waals surface area contributed by atoms with Crippen LogP contribution < -0.4 is 4.40 Å². The minimum absolute atomic E-state index is 0. The van der Waals surface area contributed by atoms with Gasteiger partial charge in [0.2, 0.25) is 0 Å². The zero-order chi connectivity index (χ0) is 36.7. The van der Waals surface area contributed by atoms with Gasteiger partial charge in [-0.2, -0.15) is 11.3 Å². The maximum Gasteiger partial charge on any atom is 0 e. The Bertz CT molecular complexity index is 2310. The second-order valence-corrected chi connectivity index (χ2v) is 27.1. The van der Waals surface area contributed by atoms with E-state index in [-0.39, 0.29) is 25.5 Å². The van der Waals surface area contributed by atoms with Crippen molar-refractivity contribution in [3.63, 3.8) is 0 Å². The average molecular weight is 928 g/mol. The molecule has 0 aliphatic rings. The summed E-state index contributed by atoms with van der Waals surface area (Å²) in [5.74, 6) is 6.42. The Balaban J connectivity index is 0.000000258. The molecule has 1 radical (unpaired) electrons. The van der Waals surface area contributed by atoms with Crippen LogP contribution in [0, 0.1) is 26.0 Å². The molecule has 0 N–H and O–H groups in total. The molecule has 0 amide bonds. The Morgan fingerprint density at radius 2 is 1.49 bits per heavy atom. The smallest absolute Gasteiger partial charge is 0 e. The molecule has 4 heterocycles. The van der Waals surface area contributed by atoms with E-state index in [4.69, 9.17) is 6.35 Å². The van der Waals surface area contributed by atoms with E-state index in [2.05, 4.69) is 115 Å². The minimum atomic E-state index is -1.72. The van der Waals surface area contributed by atoms with Crippen molar-refractivity contribution in [2.24, 2.45) is 0 Å². The summed E-state index contributed by atoms with van der Waals surface area (Å²) in [7, 11) is 0. The molecular formula is C45H47GeIrN3S-2. The predicted octanol–water partition coefficient (Wildman–Crippen LogP) is 12.1. The Morgan fingerprint density at radius 3 is 2.10 bits per heavy atom. The standard InChI is InChI=1S/C31H31N2S.C14H16GeN.Ir/c1-18(2)26-16-28(32-17-27(26)31(5,6)7)25-10-8-9-24-23-12-11-21(15-29(23)34-30(24)25)22-13-19(3)33-20(4)14-22;1-15(2,3)13-9-10-14(16-11-13)12-7-5-4-6-8-12;/h8-9,11-18H,1-7H3;4-7,9-11H,1-3H3;/q2*-1;/i18D;;. The quantitative estimate of drug-likeness (QED) is 0.128. The largest absolute Gasteiger partial charge is 0 e. The summed E-state index contributed by atoms with van der Waals surface area (Å²) in [6.07, 6.45) is 4.00. The number of pyridine rings is 3. The molecule has 0 fully saturated rings. The van der Waals surface area contributed by atoms with Crippen LogP contribution in [0.3, 0.4) is 0 Å². The summed E-state index contributed by atoms with van der Waals surface area (Å²) >= 11 is 0.0738. The third-order valence-electron chi connectivity index (χ3n) is 8.97. The van der Waals surface area contributed by atoms with Crippen molar-refractivity contribution >= 4 is 49.2 Å². The Labute approximate surface area is 326 Å². The van der Waals surface area contributed by atoms with Gasteiger partial charge in [0.15, 0.2) is 0 Å². The van der Waals surface area contributed by atoms with Gasteiger partial charge in [0.1, 0.15) is 0 Å². The monoisotopic (exact) mass is 929 g/mol. The minimum Gasteiger partial charge on any atom is 0 e. The molecule has 0 saturated carbocycles. The summed E-state index contributed by atoms with van der Waals surface area (Å²) in [6, 6.07) is 36.2. The van der Waals surface area contributed by atoms with E-state index >= 15 is 0 Å². The number of aryl methyl sites for hydroxylation is 2. The van der Waals surface area contributed by atoms with Gasteiger partial charge in [-0.1, -0.05) is 58.2 Å². The Kier molecular flexibility index (Phi) is 11.4. The van der Waals surface area contributed by atoms with Gasteiger partial charge in [0, 0.05) is 43.8 Å². The maximum atomic E-state index is 8.80. The number of rotatable bonds is 5.